The van der Waals surface area contributed by atoms with Gasteiger partial charge in [-0.15, -0.1) is 0 Å². The van der Waals surface area contributed by atoms with Crippen LogP contribution in [0.4, 0.5) is 0 Å². The van der Waals surface area contributed by atoms with Crippen molar-refractivity contribution in [1.82, 2.24) is 15.4 Å². The van der Waals surface area contributed by atoms with Gasteiger partial charge in [0.15, 0.2) is 17.5 Å². The summed E-state index contributed by atoms with van der Waals surface area (Å²) in [5, 5.41) is 7.14. The second kappa shape index (κ2) is 8.24. The van der Waals surface area contributed by atoms with Crippen LogP contribution in [0.2, 0.25) is 0 Å². The molecular formula is C17H24N4O3. The van der Waals surface area contributed by atoms with Gasteiger partial charge < -0.3 is 24.2 Å². The first-order chi connectivity index (χ1) is 11.6. The Balaban J connectivity index is 2.08. The van der Waals surface area contributed by atoms with E-state index in [4.69, 9.17) is 14.0 Å². The van der Waals surface area contributed by atoms with E-state index in [-0.39, 0.29) is 0 Å². The Kier molecular flexibility index (Phi) is 6.06. The van der Waals surface area contributed by atoms with Crippen LogP contribution in [-0.2, 0) is 13.1 Å². The molecule has 2 aromatic rings. The van der Waals surface area contributed by atoms with Crippen LogP contribution in [0.3, 0.4) is 0 Å². The molecule has 0 aliphatic rings. The van der Waals surface area contributed by atoms with Gasteiger partial charge in [0.25, 0.3) is 0 Å². The molecule has 2 rings (SSSR count). The first kappa shape index (κ1) is 17.7. The van der Waals surface area contributed by atoms with Gasteiger partial charge in [0, 0.05) is 26.7 Å². The number of aliphatic imine (C=N–C) groups is 1. The Hall–Kier alpha value is -2.70. The standard InChI is InChI=1S/C17H24N4O3/c1-12-8-15(22-4)16(23-5)9-13(12)11-21(3)17(18-2)19-10-14-6-7-24-20-14/h6-9H,10-11H2,1-5H3,(H,18,19). The van der Waals surface area contributed by atoms with E-state index in [1.165, 1.54) is 0 Å². The molecular weight excluding hydrogens is 308 g/mol. The van der Waals surface area contributed by atoms with Crippen molar-refractivity contribution < 1.29 is 14.0 Å². The first-order valence-corrected chi connectivity index (χ1v) is 7.61. The van der Waals surface area contributed by atoms with E-state index >= 15 is 0 Å². The molecule has 0 aliphatic carbocycles. The Bertz CT molecular complexity index is 683. The van der Waals surface area contributed by atoms with Crippen LogP contribution < -0.4 is 14.8 Å². The lowest BCUT2D eigenvalue weighted by Gasteiger charge is -2.23. The summed E-state index contributed by atoms with van der Waals surface area (Å²) in [6.45, 7) is 3.29. The van der Waals surface area contributed by atoms with Gasteiger partial charge in [-0.25, -0.2) is 0 Å². The fourth-order valence-electron chi connectivity index (χ4n) is 2.41. The van der Waals surface area contributed by atoms with E-state index in [9.17, 15) is 0 Å². The third-order valence-electron chi connectivity index (χ3n) is 3.74. The highest BCUT2D eigenvalue weighted by molar-refractivity contribution is 5.79. The van der Waals surface area contributed by atoms with Crippen LogP contribution in [0, 0.1) is 6.92 Å². The number of hydrogen-bond donors (Lipinski definition) is 1. The number of benzene rings is 1. The molecule has 0 saturated carbocycles. The molecule has 0 amide bonds. The summed E-state index contributed by atoms with van der Waals surface area (Å²) in [4.78, 5) is 6.34. The minimum Gasteiger partial charge on any atom is -0.493 e. The molecule has 0 radical (unpaired) electrons. The molecule has 1 aromatic heterocycles. The Morgan fingerprint density at radius 1 is 1.29 bits per heavy atom. The number of aryl methyl sites for hydroxylation is 1. The number of nitrogens with zero attached hydrogens (tertiary/aromatic N) is 3. The third-order valence-corrected chi connectivity index (χ3v) is 3.74. The fourth-order valence-corrected chi connectivity index (χ4v) is 2.41. The van der Waals surface area contributed by atoms with Gasteiger partial charge in [0.1, 0.15) is 12.0 Å². The summed E-state index contributed by atoms with van der Waals surface area (Å²) < 4.78 is 15.6. The normalized spacial score (nSPS) is 11.3. The Morgan fingerprint density at radius 3 is 2.58 bits per heavy atom. The smallest absolute Gasteiger partial charge is 0.194 e. The van der Waals surface area contributed by atoms with Crippen LogP contribution >= 0.6 is 0 Å². The average Bonchev–Trinajstić information content (AvgIpc) is 3.10. The van der Waals surface area contributed by atoms with Crippen LogP contribution in [0.5, 0.6) is 11.5 Å². The summed E-state index contributed by atoms with van der Waals surface area (Å²) in [5.41, 5.74) is 3.10. The minimum absolute atomic E-state index is 0.554. The molecule has 0 fully saturated rings. The van der Waals surface area contributed by atoms with E-state index in [0.717, 1.165) is 34.3 Å². The van der Waals surface area contributed by atoms with Crippen LogP contribution in [0.15, 0.2) is 34.0 Å². The third kappa shape index (κ3) is 4.18. The first-order valence-electron chi connectivity index (χ1n) is 7.61. The number of hydrogen-bond acceptors (Lipinski definition) is 5. The van der Waals surface area contributed by atoms with Gasteiger partial charge in [-0.3, -0.25) is 4.99 Å². The molecule has 7 heteroatoms. The molecule has 0 atom stereocenters. The lowest BCUT2D eigenvalue weighted by Crippen LogP contribution is -2.38. The topological polar surface area (TPSA) is 72.1 Å². The van der Waals surface area contributed by atoms with Crippen LogP contribution in [-0.4, -0.2) is 44.3 Å². The van der Waals surface area contributed by atoms with Crippen molar-refractivity contribution in [3.05, 3.63) is 41.3 Å². The van der Waals surface area contributed by atoms with Crippen molar-refractivity contribution in [2.75, 3.05) is 28.3 Å². The number of methoxy groups -OCH3 is 2. The number of aromatic nitrogens is 1. The van der Waals surface area contributed by atoms with Crippen molar-refractivity contribution in [3.8, 4) is 11.5 Å². The predicted molar refractivity (Wildman–Crippen MR) is 92.5 cm³/mol. The van der Waals surface area contributed by atoms with Gasteiger partial charge in [-0.05, 0) is 30.2 Å². The molecule has 0 bridgehead atoms. The predicted octanol–water partition coefficient (Wildman–Crippen LogP) is 2.21. The SMILES string of the molecule is CN=C(NCc1ccon1)N(C)Cc1cc(OC)c(OC)cc1C. The lowest BCUT2D eigenvalue weighted by atomic mass is 10.1. The monoisotopic (exact) mass is 332 g/mol. The second-order valence-corrected chi connectivity index (χ2v) is 5.38. The molecule has 0 spiro atoms. The summed E-state index contributed by atoms with van der Waals surface area (Å²) in [5.74, 6) is 2.22. The maximum Gasteiger partial charge on any atom is 0.194 e. The molecule has 24 heavy (non-hydrogen) atoms. The van der Waals surface area contributed by atoms with Crippen molar-refractivity contribution >= 4 is 5.96 Å². The van der Waals surface area contributed by atoms with E-state index in [0.29, 0.717) is 13.1 Å². The Morgan fingerprint density at radius 2 is 2.00 bits per heavy atom. The highest BCUT2D eigenvalue weighted by atomic mass is 16.5. The zero-order valence-electron chi connectivity index (χ0n) is 14.8. The number of nitrogens with one attached hydrogen (secondary N) is 1. The Labute approximate surface area is 142 Å². The van der Waals surface area contributed by atoms with Crippen LogP contribution in [0.25, 0.3) is 0 Å². The number of guanidine groups is 1. The van der Waals surface area contributed by atoms with Gasteiger partial charge in [-0.2, -0.15) is 0 Å². The van der Waals surface area contributed by atoms with Gasteiger partial charge >= 0.3 is 0 Å². The maximum atomic E-state index is 5.39. The van der Waals surface area contributed by atoms with E-state index in [1.807, 2.05) is 30.1 Å². The molecule has 1 aromatic carbocycles. The summed E-state index contributed by atoms with van der Waals surface area (Å²) >= 11 is 0. The van der Waals surface area contributed by atoms with Gasteiger partial charge in [-0.1, -0.05) is 5.16 Å². The van der Waals surface area contributed by atoms with Crippen molar-refractivity contribution in [1.29, 1.82) is 0 Å². The van der Waals surface area contributed by atoms with Crippen molar-refractivity contribution in [2.24, 2.45) is 4.99 Å². The quantitative estimate of drug-likeness (QED) is 0.646. The molecule has 0 unspecified atom stereocenters. The lowest BCUT2D eigenvalue weighted by molar-refractivity contribution is 0.353. The van der Waals surface area contributed by atoms with E-state index in [1.54, 1.807) is 27.5 Å². The molecule has 1 N–H and O–H groups in total. The highest BCUT2D eigenvalue weighted by Gasteiger charge is 2.12. The summed E-state index contributed by atoms with van der Waals surface area (Å²) in [7, 11) is 7.01. The van der Waals surface area contributed by atoms with Gasteiger partial charge in [0.2, 0.25) is 0 Å². The zero-order valence-corrected chi connectivity index (χ0v) is 14.8. The highest BCUT2D eigenvalue weighted by Crippen LogP contribution is 2.30. The van der Waals surface area contributed by atoms with Crippen molar-refractivity contribution in [2.45, 2.75) is 20.0 Å². The average molecular weight is 332 g/mol. The maximum absolute atomic E-state index is 5.39. The zero-order chi connectivity index (χ0) is 17.5. The number of ether oxygens (including phenoxy) is 2. The summed E-state index contributed by atoms with van der Waals surface area (Å²) in [6, 6.07) is 5.79. The minimum atomic E-state index is 0.554. The molecule has 0 aliphatic heterocycles. The van der Waals surface area contributed by atoms with E-state index in [2.05, 4.69) is 22.4 Å². The second-order valence-electron chi connectivity index (χ2n) is 5.38. The fraction of sp³-hybridized carbons (Fsp3) is 0.412. The molecule has 1 heterocycles. The van der Waals surface area contributed by atoms with Gasteiger partial charge in [0.05, 0.1) is 20.8 Å². The number of rotatable bonds is 6. The summed E-state index contributed by atoms with van der Waals surface area (Å²) in [6.07, 6.45) is 1.55. The molecule has 0 saturated heterocycles. The van der Waals surface area contributed by atoms with Crippen molar-refractivity contribution in [3.63, 3.8) is 0 Å². The van der Waals surface area contributed by atoms with E-state index < -0.39 is 0 Å². The molecule has 7 nitrogen and oxygen atoms in total. The molecule has 130 valence electrons. The largest absolute Gasteiger partial charge is 0.493 e. The van der Waals surface area contributed by atoms with Crippen LogP contribution in [0.1, 0.15) is 16.8 Å².